The normalized spacial score (nSPS) is 17.9. The highest BCUT2D eigenvalue weighted by Crippen LogP contribution is 2.48. The first-order chi connectivity index (χ1) is 6.56. The van der Waals surface area contributed by atoms with Crippen LogP contribution in [0.15, 0.2) is 6.20 Å². The summed E-state index contributed by atoms with van der Waals surface area (Å²) in [5.74, 6) is -0.128. The fourth-order valence-corrected chi connectivity index (χ4v) is 1.69. The lowest BCUT2D eigenvalue weighted by Crippen LogP contribution is -2.22. The van der Waals surface area contributed by atoms with Gasteiger partial charge in [-0.25, -0.2) is 9.97 Å². The molecule has 1 fully saturated rings. The lowest BCUT2D eigenvalue weighted by Gasteiger charge is -2.11. The molecule has 1 aromatic rings. The van der Waals surface area contributed by atoms with E-state index in [1.165, 1.54) is 0 Å². The van der Waals surface area contributed by atoms with E-state index in [0.29, 0.717) is 24.4 Å². The first kappa shape index (κ1) is 9.12. The van der Waals surface area contributed by atoms with Crippen LogP contribution in [0.5, 0.6) is 0 Å². The summed E-state index contributed by atoms with van der Waals surface area (Å²) in [5.41, 5.74) is 0.852. The molecule has 1 aromatic heterocycles. The van der Waals surface area contributed by atoms with Crippen molar-refractivity contribution < 1.29 is 9.90 Å². The summed E-state index contributed by atoms with van der Waals surface area (Å²) in [4.78, 5) is 19.4. The zero-order valence-electron chi connectivity index (χ0n) is 8.24. The van der Waals surface area contributed by atoms with Gasteiger partial charge in [0.2, 0.25) is 0 Å². The smallest absolute Gasteiger partial charge is 0.315 e. The van der Waals surface area contributed by atoms with Crippen molar-refractivity contribution in [3.63, 3.8) is 0 Å². The highest BCUT2D eigenvalue weighted by Gasteiger charge is 2.53. The Labute approximate surface area is 82.0 Å². The molecule has 0 atom stereocenters. The highest BCUT2D eigenvalue weighted by molar-refractivity contribution is 5.84. The Kier molecular flexibility index (Phi) is 1.80. The van der Waals surface area contributed by atoms with Crippen LogP contribution in [0, 0.1) is 13.8 Å². The second-order valence-corrected chi connectivity index (χ2v) is 3.84. The molecule has 0 unspecified atom stereocenters. The molecule has 0 aliphatic heterocycles. The van der Waals surface area contributed by atoms with Gasteiger partial charge in [0.1, 0.15) is 11.2 Å². The van der Waals surface area contributed by atoms with Gasteiger partial charge in [-0.05, 0) is 32.3 Å². The molecule has 4 heteroatoms. The number of aryl methyl sites for hydroxylation is 2. The van der Waals surface area contributed by atoms with Crippen molar-refractivity contribution in [1.29, 1.82) is 0 Å². The first-order valence-corrected chi connectivity index (χ1v) is 4.60. The van der Waals surface area contributed by atoms with Crippen LogP contribution in [0.1, 0.15) is 29.9 Å². The number of carboxylic acid groups (broad SMARTS) is 1. The van der Waals surface area contributed by atoms with Gasteiger partial charge in [-0.1, -0.05) is 0 Å². The Bertz CT molecular complexity index is 397. The van der Waals surface area contributed by atoms with Crippen LogP contribution in [-0.4, -0.2) is 21.0 Å². The van der Waals surface area contributed by atoms with E-state index in [2.05, 4.69) is 9.97 Å². The fraction of sp³-hybridized carbons (Fsp3) is 0.500. The van der Waals surface area contributed by atoms with Crippen molar-refractivity contribution in [1.82, 2.24) is 9.97 Å². The SMILES string of the molecule is Cc1ncc(C)c(C2(C(=O)O)CC2)n1. The summed E-state index contributed by atoms with van der Waals surface area (Å²) < 4.78 is 0. The zero-order chi connectivity index (χ0) is 10.3. The molecule has 0 radical (unpaired) electrons. The molecule has 4 nitrogen and oxygen atoms in total. The number of hydrogen-bond donors (Lipinski definition) is 1. The Hall–Kier alpha value is -1.45. The van der Waals surface area contributed by atoms with Crippen molar-refractivity contribution in [2.75, 3.05) is 0 Å². The summed E-state index contributed by atoms with van der Waals surface area (Å²) in [7, 11) is 0. The van der Waals surface area contributed by atoms with E-state index in [4.69, 9.17) is 5.11 Å². The standard InChI is InChI=1S/C10H12N2O2/c1-6-5-11-7(2)12-8(6)10(3-4-10)9(13)14/h5H,3-4H2,1-2H3,(H,13,14). The second-order valence-electron chi connectivity index (χ2n) is 3.84. The average molecular weight is 192 g/mol. The largest absolute Gasteiger partial charge is 0.481 e. The van der Waals surface area contributed by atoms with Crippen molar-refractivity contribution in [3.8, 4) is 0 Å². The minimum atomic E-state index is -0.765. The van der Waals surface area contributed by atoms with Crippen LogP contribution in [0.4, 0.5) is 0 Å². The zero-order valence-corrected chi connectivity index (χ0v) is 8.24. The summed E-state index contributed by atoms with van der Waals surface area (Å²) in [5, 5.41) is 9.11. The summed E-state index contributed by atoms with van der Waals surface area (Å²) in [6, 6.07) is 0. The second kappa shape index (κ2) is 2.77. The minimum absolute atomic E-state index is 0.637. The third-order valence-electron chi connectivity index (χ3n) is 2.70. The highest BCUT2D eigenvalue weighted by atomic mass is 16.4. The van der Waals surface area contributed by atoms with Gasteiger partial charge in [-0.15, -0.1) is 0 Å². The van der Waals surface area contributed by atoms with E-state index in [1.54, 1.807) is 13.1 Å². The number of nitrogens with zero attached hydrogens (tertiary/aromatic N) is 2. The Balaban J connectivity index is 2.51. The van der Waals surface area contributed by atoms with Gasteiger partial charge in [-0.2, -0.15) is 0 Å². The van der Waals surface area contributed by atoms with Crippen LogP contribution < -0.4 is 0 Å². The predicted molar refractivity (Wildman–Crippen MR) is 50.1 cm³/mol. The molecular weight excluding hydrogens is 180 g/mol. The fourth-order valence-electron chi connectivity index (χ4n) is 1.69. The molecule has 1 saturated carbocycles. The number of rotatable bonds is 2. The van der Waals surface area contributed by atoms with Crippen LogP contribution in [0.25, 0.3) is 0 Å². The molecule has 1 heterocycles. The maximum Gasteiger partial charge on any atom is 0.315 e. The molecule has 1 aliphatic carbocycles. The molecular formula is C10H12N2O2. The van der Waals surface area contributed by atoms with Gasteiger partial charge in [0.25, 0.3) is 0 Å². The minimum Gasteiger partial charge on any atom is -0.481 e. The number of carbonyl (C=O) groups is 1. The van der Waals surface area contributed by atoms with Gasteiger partial charge in [0.05, 0.1) is 5.69 Å². The van der Waals surface area contributed by atoms with E-state index in [9.17, 15) is 4.79 Å². The van der Waals surface area contributed by atoms with Crippen molar-refractivity contribution in [2.24, 2.45) is 0 Å². The van der Waals surface area contributed by atoms with Crippen molar-refractivity contribution >= 4 is 5.97 Å². The van der Waals surface area contributed by atoms with Crippen molar-refractivity contribution in [3.05, 3.63) is 23.3 Å². The number of hydrogen-bond acceptors (Lipinski definition) is 3. The van der Waals surface area contributed by atoms with Gasteiger partial charge >= 0.3 is 5.97 Å². The molecule has 1 aliphatic rings. The lowest BCUT2D eigenvalue weighted by molar-refractivity contribution is -0.140. The molecule has 1 N–H and O–H groups in total. The summed E-state index contributed by atoms with van der Waals surface area (Å²) in [6.45, 7) is 3.64. The predicted octanol–water partition coefficient (Wildman–Crippen LogP) is 1.21. The quantitative estimate of drug-likeness (QED) is 0.765. The van der Waals surface area contributed by atoms with Gasteiger partial charge in [0.15, 0.2) is 0 Å². The molecule has 0 saturated heterocycles. The van der Waals surface area contributed by atoms with Crippen LogP contribution in [-0.2, 0) is 10.2 Å². The third kappa shape index (κ3) is 1.18. The molecule has 0 aromatic carbocycles. The van der Waals surface area contributed by atoms with E-state index in [-0.39, 0.29) is 0 Å². The van der Waals surface area contributed by atoms with E-state index in [1.807, 2.05) is 6.92 Å². The lowest BCUT2D eigenvalue weighted by atomic mass is 9.99. The van der Waals surface area contributed by atoms with Gasteiger partial charge < -0.3 is 5.11 Å². The van der Waals surface area contributed by atoms with E-state index < -0.39 is 11.4 Å². The monoisotopic (exact) mass is 192 g/mol. The Morgan fingerprint density at radius 2 is 2.14 bits per heavy atom. The average Bonchev–Trinajstić information content (AvgIpc) is 2.90. The van der Waals surface area contributed by atoms with Crippen LogP contribution >= 0.6 is 0 Å². The molecule has 14 heavy (non-hydrogen) atoms. The topological polar surface area (TPSA) is 63.1 Å². The Morgan fingerprint density at radius 1 is 1.50 bits per heavy atom. The van der Waals surface area contributed by atoms with Gasteiger partial charge in [0, 0.05) is 6.20 Å². The van der Waals surface area contributed by atoms with E-state index >= 15 is 0 Å². The van der Waals surface area contributed by atoms with E-state index in [0.717, 1.165) is 5.56 Å². The maximum atomic E-state index is 11.1. The van der Waals surface area contributed by atoms with Crippen LogP contribution in [0.2, 0.25) is 0 Å². The Morgan fingerprint density at radius 3 is 2.64 bits per heavy atom. The molecule has 2 rings (SSSR count). The molecule has 0 amide bonds. The maximum absolute atomic E-state index is 11.1. The first-order valence-electron chi connectivity index (χ1n) is 4.60. The van der Waals surface area contributed by atoms with Gasteiger partial charge in [-0.3, -0.25) is 4.79 Å². The summed E-state index contributed by atoms with van der Waals surface area (Å²) in [6.07, 6.45) is 3.08. The van der Waals surface area contributed by atoms with Crippen LogP contribution in [0.3, 0.4) is 0 Å². The van der Waals surface area contributed by atoms with Crippen molar-refractivity contribution in [2.45, 2.75) is 32.1 Å². The number of aromatic nitrogens is 2. The third-order valence-corrected chi connectivity index (χ3v) is 2.70. The molecule has 0 bridgehead atoms. The molecule has 0 spiro atoms. The number of carboxylic acids is 1. The molecule has 74 valence electrons. The summed E-state index contributed by atoms with van der Waals surface area (Å²) >= 11 is 0. The number of aliphatic carboxylic acids is 1.